The minimum absolute atomic E-state index is 0.278. The van der Waals surface area contributed by atoms with Gasteiger partial charge in [-0.1, -0.05) is 6.07 Å². The molecule has 0 saturated heterocycles. The van der Waals surface area contributed by atoms with Crippen molar-refractivity contribution in [2.75, 3.05) is 24.8 Å². The van der Waals surface area contributed by atoms with Crippen LogP contribution in [-0.4, -0.2) is 35.0 Å². The normalized spacial score (nSPS) is 10.5. The van der Waals surface area contributed by atoms with Gasteiger partial charge < -0.3 is 20.1 Å². The van der Waals surface area contributed by atoms with Crippen LogP contribution in [0.1, 0.15) is 15.9 Å². The van der Waals surface area contributed by atoms with Gasteiger partial charge in [0.2, 0.25) is 11.8 Å². The Kier molecular flexibility index (Phi) is 7.03. The zero-order valence-corrected chi connectivity index (χ0v) is 20.4. The van der Waals surface area contributed by atoms with Crippen molar-refractivity contribution in [3.63, 3.8) is 0 Å². The van der Waals surface area contributed by atoms with E-state index in [2.05, 4.69) is 41.5 Å². The van der Waals surface area contributed by atoms with Gasteiger partial charge in [-0.15, -0.1) is 0 Å². The molecule has 4 aromatic rings. The van der Waals surface area contributed by atoms with Crippen molar-refractivity contribution >= 4 is 33.5 Å². The second-order valence-electron chi connectivity index (χ2n) is 7.25. The summed E-state index contributed by atoms with van der Waals surface area (Å²) in [7, 11) is 3.31. The predicted octanol–water partition coefficient (Wildman–Crippen LogP) is 5.70. The first-order valence-electron chi connectivity index (χ1n) is 10.4. The van der Waals surface area contributed by atoms with E-state index < -0.39 is 0 Å². The van der Waals surface area contributed by atoms with Crippen molar-refractivity contribution in [2.45, 2.75) is 6.92 Å². The lowest BCUT2D eigenvalue weighted by Gasteiger charge is -2.14. The number of halogens is 1. The summed E-state index contributed by atoms with van der Waals surface area (Å²) < 4.78 is 12.1. The predicted molar refractivity (Wildman–Crippen MR) is 135 cm³/mol. The fourth-order valence-electron chi connectivity index (χ4n) is 3.19. The van der Waals surface area contributed by atoms with Gasteiger partial charge in [-0.2, -0.15) is 0 Å². The number of pyridine rings is 1. The van der Waals surface area contributed by atoms with Crippen molar-refractivity contribution in [1.82, 2.24) is 15.0 Å². The largest absolute Gasteiger partial charge is 0.497 e. The lowest BCUT2D eigenvalue weighted by atomic mass is 10.1. The van der Waals surface area contributed by atoms with Crippen LogP contribution >= 0.6 is 15.9 Å². The summed E-state index contributed by atoms with van der Waals surface area (Å²) in [5, 5.41) is 5.84. The van der Waals surface area contributed by atoms with E-state index in [-0.39, 0.29) is 5.91 Å². The van der Waals surface area contributed by atoms with E-state index in [4.69, 9.17) is 9.47 Å². The molecule has 172 valence electrons. The van der Waals surface area contributed by atoms with Crippen LogP contribution in [0.4, 0.5) is 11.6 Å². The van der Waals surface area contributed by atoms with Gasteiger partial charge in [0.05, 0.1) is 23.9 Å². The molecule has 0 saturated carbocycles. The summed E-state index contributed by atoms with van der Waals surface area (Å²) in [5.41, 5.74) is 3.31. The standard InChI is InChI=1S/C25H22BrN5O3/c1-15-6-7-16(30-23(32)19-14-17(33-3)8-9-20(19)26)13-22(15)34-24-18(5-4-11-28-24)21-10-12-29-25(27-2)31-21/h4-14H,1-3H3,(H,30,32)(H,27,29,31). The van der Waals surface area contributed by atoms with E-state index in [0.29, 0.717) is 44.7 Å². The van der Waals surface area contributed by atoms with Gasteiger partial charge in [0.15, 0.2) is 0 Å². The second-order valence-corrected chi connectivity index (χ2v) is 8.11. The zero-order valence-electron chi connectivity index (χ0n) is 18.8. The summed E-state index contributed by atoms with van der Waals surface area (Å²) in [6.45, 7) is 1.92. The molecular weight excluding hydrogens is 498 g/mol. The highest BCUT2D eigenvalue weighted by Gasteiger charge is 2.15. The van der Waals surface area contributed by atoms with Gasteiger partial charge in [0.25, 0.3) is 5.91 Å². The van der Waals surface area contributed by atoms with Crippen LogP contribution in [0.3, 0.4) is 0 Å². The van der Waals surface area contributed by atoms with Crippen LogP contribution in [-0.2, 0) is 0 Å². The van der Waals surface area contributed by atoms with E-state index in [1.807, 2.05) is 31.2 Å². The first-order chi connectivity index (χ1) is 16.5. The highest BCUT2D eigenvalue weighted by molar-refractivity contribution is 9.10. The molecule has 2 aromatic heterocycles. The van der Waals surface area contributed by atoms with Gasteiger partial charge in [0.1, 0.15) is 11.5 Å². The first-order valence-corrected chi connectivity index (χ1v) is 11.2. The molecule has 4 rings (SSSR count). The van der Waals surface area contributed by atoms with E-state index in [1.165, 1.54) is 0 Å². The van der Waals surface area contributed by atoms with Crippen LogP contribution < -0.4 is 20.1 Å². The molecule has 34 heavy (non-hydrogen) atoms. The number of nitrogens with one attached hydrogen (secondary N) is 2. The van der Waals surface area contributed by atoms with Crippen molar-refractivity contribution < 1.29 is 14.3 Å². The Morgan fingerprint density at radius 1 is 1.03 bits per heavy atom. The monoisotopic (exact) mass is 519 g/mol. The molecule has 0 spiro atoms. The molecule has 0 aliphatic carbocycles. The maximum Gasteiger partial charge on any atom is 0.256 e. The highest BCUT2D eigenvalue weighted by Crippen LogP contribution is 2.33. The summed E-state index contributed by atoms with van der Waals surface area (Å²) in [6, 6.07) is 16.2. The number of anilines is 2. The quantitative estimate of drug-likeness (QED) is 0.322. The summed E-state index contributed by atoms with van der Waals surface area (Å²) in [6.07, 6.45) is 3.32. The lowest BCUT2D eigenvalue weighted by Crippen LogP contribution is -2.13. The Hall–Kier alpha value is -3.98. The van der Waals surface area contributed by atoms with Gasteiger partial charge in [-0.25, -0.2) is 15.0 Å². The van der Waals surface area contributed by atoms with E-state index in [9.17, 15) is 4.79 Å². The second kappa shape index (κ2) is 10.3. The number of nitrogens with zero attached hydrogens (tertiary/aromatic N) is 3. The number of carbonyl (C=O) groups is 1. The molecule has 0 unspecified atom stereocenters. The third kappa shape index (κ3) is 5.15. The lowest BCUT2D eigenvalue weighted by molar-refractivity contribution is 0.102. The molecule has 0 atom stereocenters. The number of rotatable bonds is 7. The topological polar surface area (TPSA) is 98.3 Å². The molecule has 8 nitrogen and oxygen atoms in total. The Bertz CT molecular complexity index is 1350. The molecular formula is C25H22BrN5O3. The third-order valence-corrected chi connectivity index (χ3v) is 5.69. The average molecular weight is 520 g/mol. The van der Waals surface area contributed by atoms with Gasteiger partial charge in [0, 0.05) is 35.7 Å². The molecule has 0 radical (unpaired) electrons. The van der Waals surface area contributed by atoms with E-state index in [1.54, 1.807) is 56.9 Å². The van der Waals surface area contributed by atoms with Crippen LogP contribution in [0.15, 0.2) is 71.5 Å². The van der Waals surface area contributed by atoms with Crippen molar-refractivity contribution in [3.05, 3.63) is 82.6 Å². The Morgan fingerprint density at radius 2 is 1.88 bits per heavy atom. The van der Waals surface area contributed by atoms with Gasteiger partial charge in [-0.3, -0.25) is 4.79 Å². The summed E-state index contributed by atoms with van der Waals surface area (Å²) in [4.78, 5) is 25.9. The third-order valence-electron chi connectivity index (χ3n) is 5.00. The number of amides is 1. The number of hydrogen-bond acceptors (Lipinski definition) is 7. The molecule has 0 aliphatic heterocycles. The number of aryl methyl sites for hydroxylation is 1. The molecule has 9 heteroatoms. The van der Waals surface area contributed by atoms with E-state index in [0.717, 1.165) is 11.1 Å². The van der Waals surface area contributed by atoms with Crippen LogP contribution in [0.25, 0.3) is 11.3 Å². The first kappa shape index (κ1) is 23.2. The minimum atomic E-state index is -0.278. The van der Waals surface area contributed by atoms with Crippen LogP contribution in [0.2, 0.25) is 0 Å². The highest BCUT2D eigenvalue weighted by atomic mass is 79.9. The summed E-state index contributed by atoms with van der Waals surface area (Å²) >= 11 is 3.42. The SMILES string of the molecule is CNc1nccc(-c2cccnc2Oc2cc(NC(=O)c3cc(OC)ccc3Br)ccc2C)n1. The summed E-state index contributed by atoms with van der Waals surface area (Å²) in [5.74, 6) is 1.77. The maximum atomic E-state index is 12.9. The molecule has 2 N–H and O–H groups in total. The average Bonchev–Trinajstić information content (AvgIpc) is 2.86. The van der Waals surface area contributed by atoms with Crippen molar-refractivity contribution in [3.8, 4) is 28.6 Å². The fourth-order valence-corrected chi connectivity index (χ4v) is 3.62. The van der Waals surface area contributed by atoms with E-state index >= 15 is 0 Å². The van der Waals surface area contributed by atoms with Crippen LogP contribution in [0, 0.1) is 6.92 Å². The molecule has 1 amide bonds. The Labute approximate surface area is 205 Å². The Balaban J connectivity index is 1.61. The Morgan fingerprint density at radius 3 is 2.68 bits per heavy atom. The molecule has 2 aromatic carbocycles. The number of hydrogen-bond donors (Lipinski definition) is 2. The molecule has 2 heterocycles. The number of aromatic nitrogens is 3. The fraction of sp³-hybridized carbons (Fsp3) is 0.120. The number of benzene rings is 2. The van der Waals surface area contributed by atoms with Gasteiger partial charge >= 0.3 is 0 Å². The zero-order chi connectivity index (χ0) is 24.1. The van der Waals surface area contributed by atoms with Gasteiger partial charge in [-0.05, 0) is 70.9 Å². The maximum absolute atomic E-state index is 12.9. The molecule has 0 aliphatic rings. The number of methoxy groups -OCH3 is 1. The minimum Gasteiger partial charge on any atom is -0.497 e. The molecule has 0 fully saturated rings. The smallest absolute Gasteiger partial charge is 0.256 e. The molecule has 0 bridgehead atoms. The number of ether oxygens (including phenoxy) is 2. The van der Waals surface area contributed by atoms with Crippen LogP contribution in [0.5, 0.6) is 17.4 Å². The van der Waals surface area contributed by atoms with Crippen molar-refractivity contribution in [2.24, 2.45) is 0 Å². The van der Waals surface area contributed by atoms with Crippen molar-refractivity contribution in [1.29, 1.82) is 0 Å². The number of carbonyl (C=O) groups excluding carboxylic acids is 1.